The summed E-state index contributed by atoms with van der Waals surface area (Å²) in [6.07, 6.45) is 8.56. The van der Waals surface area contributed by atoms with Gasteiger partial charge in [-0.15, -0.1) is 0 Å². The Morgan fingerprint density at radius 1 is 0.227 bits per heavy atom. The van der Waals surface area contributed by atoms with Gasteiger partial charge < -0.3 is 5.32 Å². The van der Waals surface area contributed by atoms with Gasteiger partial charge in [0.05, 0.1) is 10.8 Å². The van der Waals surface area contributed by atoms with E-state index in [2.05, 4.69) is 36.7 Å². The predicted octanol–water partition coefficient (Wildman–Crippen LogP) is 18.2. The lowest BCUT2D eigenvalue weighted by Crippen LogP contribution is -2.52. The lowest BCUT2D eigenvalue weighted by Gasteiger charge is -2.53. The summed E-state index contributed by atoms with van der Waals surface area (Å²) in [5.41, 5.74) is 8.41. The van der Waals surface area contributed by atoms with Gasteiger partial charge in [0.2, 0.25) is 0 Å². The second-order valence-corrected chi connectivity index (χ2v) is 27.0. The first-order chi connectivity index (χ1) is 37.4. The number of benzene rings is 18. The molecule has 0 bridgehead atoms. The van der Waals surface area contributed by atoms with Crippen molar-refractivity contribution >= 4 is 291 Å². The quantitative estimate of drug-likeness (QED) is 0.176. The molecule has 1 fully saturated rings. The maximum atomic E-state index is 5.11. The summed E-state index contributed by atoms with van der Waals surface area (Å²) in [5.74, 6) is 0. The first-order valence-electron chi connectivity index (χ1n) is 27.8. The summed E-state index contributed by atoms with van der Waals surface area (Å²) in [4.78, 5) is 10.2. The van der Waals surface area contributed by atoms with Crippen molar-refractivity contribution in [2.45, 2.75) is 22.9 Å². The number of hydrogen-bond acceptors (Lipinski definition) is 3. The van der Waals surface area contributed by atoms with E-state index < -0.39 is 10.8 Å². The van der Waals surface area contributed by atoms with Crippen LogP contribution in [0.1, 0.15) is 45.5 Å². The largest absolute Gasteiger partial charge is 0.301 e. The Labute approximate surface area is 409 Å². The van der Waals surface area contributed by atoms with Crippen LogP contribution < -0.4 is 5.32 Å². The number of pyridine rings is 2. The minimum absolute atomic E-state index is 0.0489. The highest BCUT2D eigenvalue weighted by Gasteiger charge is 2.77. The van der Waals surface area contributed by atoms with E-state index in [0.717, 1.165) is 0 Å². The number of nitrogens with zero attached hydrogens (tertiary/aromatic N) is 2. The van der Waals surface area contributed by atoms with Gasteiger partial charge in [-0.1, -0.05) is 12.1 Å². The zero-order chi connectivity index (χ0) is 44.6. The van der Waals surface area contributed by atoms with Crippen LogP contribution in [0.5, 0.6) is 0 Å². The molecule has 28 aromatic carbocycles. The Bertz CT molecular complexity index is 7110. The average Bonchev–Trinajstić information content (AvgIpc) is 3.38. The van der Waals surface area contributed by atoms with E-state index in [1.54, 1.807) is 313 Å². The van der Waals surface area contributed by atoms with E-state index in [1.165, 1.54) is 11.1 Å². The van der Waals surface area contributed by atoms with E-state index >= 15 is 0 Å². The van der Waals surface area contributed by atoms with Crippen molar-refractivity contribution in [2.24, 2.45) is 0 Å². The monoisotopic (exact) mass is 917 g/mol. The van der Waals surface area contributed by atoms with Gasteiger partial charge in [0.25, 0.3) is 0 Å². The molecule has 0 amide bonds. The standard InChI is InChI=1S/C72H11N3/c1-3-9(7-73-5-1)69-71-65-57-49-39-29-21-13-11-12-15-19-17(13)25-33-27(19)37-31-23(15)24-16(12)20-18-14(11)22(21)30-36-26(18)34-28(20)38-32(24)42-41(31)51-45(37)55-47(33)53(43(49)35(25)29)61(65)63(55)67-59(51)60-52(42)46(38)56-48(34)54-44(36)50(40(30)39)58(57)66(71)62(54)64(56)68(60)72(67,71)70(75-69)10-4-2-6-74-8-10/h1-8,69-70,75H/t69-,70+,71?,72?. The fourth-order valence-electron chi connectivity index (χ4n) is 26.6. The van der Waals surface area contributed by atoms with Crippen LogP contribution in [0.3, 0.4) is 0 Å². The summed E-state index contributed by atoms with van der Waals surface area (Å²) < 4.78 is 0. The normalized spacial score (nSPS) is 23.8. The van der Waals surface area contributed by atoms with Crippen LogP contribution in [0.2, 0.25) is 0 Å². The van der Waals surface area contributed by atoms with Crippen LogP contribution in [0, 0.1) is 0 Å². The lowest BCUT2D eigenvalue weighted by atomic mass is 9.45. The fraction of sp³-hybridized carbons (Fsp3) is 0.0556. The van der Waals surface area contributed by atoms with Crippen LogP contribution in [0.4, 0.5) is 0 Å². The van der Waals surface area contributed by atoms with E-state index in [1.807, 2.05) is 12.4 Å². The Hall–Kier alpha value is -9.28. The van der Waals surface area contributed by atoms with Crippen molar-refractivity contribution in [1.82, 2.24) is 15.3 Å². The lowest BCUT2D eigenvalue weighted by molar-refractivity contribution is 0.333. The van der Waals surface area contributed by atoms with Crippen molar-refractivity contribution in [3.05, 3.63) is 82.4 Å². The van der Waals surface area contributed by atoms with Crippen molar-refractivity contribution in [3.8, 4) is 0 Å². The molecule has 1 N–H and O–H groups in total. The molecule has 3 heteroatoms. The molecule has 3 heterocycles. The van der Waals surface area contributed by atoms with Crippen molar-refractivity contribution in [1.29, 1.82) is 0 Å². The summed E-state index contributed by atoms with van der Waals surface area (Å²) in [5, 5.41) is 93.2. The highest BCUT2D eigenvalue weighted by Crippen LogP contribution is 2.88. The summed E-state index contributed by atoms with van der Waals surface area (Å²) in [6, 6.07) is 9.29. The number of rotatable bonds is 2. The topological polar surface area (TPSA) is 37.8 Å². The SMILES string of the molecule is c1cncc([C@H]2N[C@@H](c3cccnc3)C34c5c6c7c8c9c%10c(c%11c%12c3c3c5c5c%13c6c6c7c7c9c9c%14c%10c%10c%11c%11c%12c%12c3c3c5c5c%13c%13c6c6c7c9c7c9c%14c%10c%10c%11c%11c%12c3c3c5c5c%13c6c7c6c9c%10c%11c3c56)C824)c1. The van der Waals surface area contributed by atoms with Gasteiger partial charge in [-0.25, -0.2) is 0 Å². The average molecular weight is 918 g/mol. The van der Waals surface area contributed by atoms with Crippen molar-refractivity contribution in [2.75, 3.05) is 0 Å². The molecule has 4 aliphatic carbocycles. The maximum absolute atomic E-state index is 5.11. The molecule has 1 saturated heterocycles. The minimum atomic E-state index is -0.484. The van der Waals surface area contributed by atoms with Crippen molar-refractivity contribution < 1.29 is 0 Å². The molecule has 2 atom stereocenters. The van der Waals surface area contributed by atoms with Gasteiger partial charge in [-0.2, -0.15) is 0 Å². The van der Waals surface area contributed by atoms with Crippen molar-refractivity contribution in [3.63, 3.8) is 0 Å². The molecule has 0 saturated carbocycles. The van der Waals surface area contributed by atoms with Crippen LogP contribution in [0.15, 0.2) is 49.1 Å². The van der Waals surface area contributed by atoms with Gasteiger partial charge in [0, 0.05) is 36.9 Å². The Balaban J connectivity index is 1.14. The zero-order valence-corrected chi connectivity index (χ0v) is 38.2. The smallest absolute Gasteiger partial charge is 0.0579 e. The Morgan fingerprint density at radius 2 is 0.387 bits per heavy atom. The fourth-order valence-corrected chi connectivity index (χ4v) is 26.6. The molecule has 0 unspecified atom stereocenters. The van der Waals surface area contributed by atoms with Gasteiger partial charge in [0.15, 0.2) is 0 Å². The first kappa shape index (κ1) is 28.2. The molecular weight excluding hydrogens is 907 g/mol. The van der Waals surface area contributed by atoms with E-state index in [9.17, 15) is 0 Å². The van der Waals surface area contributed by atoms with Crippen LogP contribution in [0.25, 0.3) is 291 Å². The van der Waals surface area contributed by atoms with Gasteiger partial charge in [-0.05, 0) is 336 Å². The van der Waals surface area contributed by atoms with Crippen LogP contribution in [-0.4, -0.2) is 9.97 Å². The number of nitrogens with one attached hydrogen (secondary N) is 1. The zero-order valence-electron chi connectivity index (χ0n) is 38.2. The first-order valence-corrected chi connectivity index (χ1v) is 27.8. The van der Waals surface area contributed by atoms with Gasteiger partial charge in [-0.3, -0.25) is 9.97 Å². The Morgan fingerprint density at radius 3 is 0.533 bits per heavy atom. The highest BCUT2D eigenvalue weighted by atomic mass is 15.1. The van der Waals surface area contributed by atoms with Gasteiger partial charge in [0.1, 0.15) is 0 Å². The highest BCUT2D eigenvalue weighted by molar-refractivity contribution is 6.82. The third kappa shape index (κ3) is 1.56. The molecular formula is C72H11N3. The molecule has 314 valence electrons. The number of aromatic nitrogens is 2. The van der Waals surface area contributed by atoms with Crippen LogP contribution in [-0.2, 0) is 10.8 Å². The van der Waals surface area contributed by atoms with Crippen LogP contribution >= 0.6 is 0 Å². The third-order valence-electron chi connectivity index (χ3n) is 26.7. The second kappa shape index (κ2) is 6.59. The summed E-state index contributed by atoms with van der Waals surface area (Å²) in [7, 11) is 0. The molecule has 3 nitrogen and oxygen atoms in total. The van der Waals surface area contributed by atoms with E-state index in [4.69, 9.17) is 15.3 Å². The predicted molar refractivity (Wildman–Crippen MR) is 311 cm³/mol. The minimum Gasteiger partial charge on any atom is -0.301 e. The molecule has 30 aromatic rings. The molecule has 75 heavy (non-hydrogen) atoms. The summed E-state index contributed by atoms with van der Waals surface area (Å²) in [6.45, 7) is 0. The molecule has 1 aliphatic heterocycles. The molecule has 5 aliphatic rings. The van der Waals surface area contributed by atoms with E-state index in [-0.39, 0.29) is 12.1 Å². The molecule has 2 spiro atoms. The molecule has 2 aromatic heterocycles. The van der Waals surface area contributed by atoms with Gasteiger partial charge >= 0.3 is 0 Å². The summed E-state index contributed by atoms with van der Waals surface area (Å²) >= 11 is 0. The van der Waals surface area contributed by atoms with E-state index in [0.29, 0.717) is 0 Å². The second-order valence-electron chi connectivity index (χ2n) is 27.0. The number of hydrogen-bond donors (Lipinski definition) is 1. The maximum Gasteiger partial charge on any atom is 0.0579 e. The molecule has 35 rings (SSSR count). The molecule has 0 radical (unpaired) electrons. The Kier molecular flexibility index (Phi) is 2.48. The third-order valence-corrected chi connectivity index (χ3v) is 26.7.